The summed E-state index contributed by atoms with van der Waals surface area (Å²) in [4.78, 5) is 12.7. The van der Waals surface area contributed by atoms with Crippen molar-refractivity contribution < 1.29 is 4.79 Å². The summed E-state index contributed by atoms with van der Waals surface area (Å²) < 4.78 is 0. The number of carbonyl (C=O) groups is 1. The highest BCUT2D eigenvalue weighted by Crippen LogP contribution is 2.45. The van der Waals surface area contributed by atoms with Crippen LogP contribution in [-0.4, -0.2) is 13.0 Å². The highest BCUT2D eigenvalue weighted by Gasteiger charge is 2.24. The summed E-state index contributed by atoms with van der Waals surface area (Å²) in [5, 5.41) is 17.6. The monoisotopic (exact) mass is 281 g/mol. The van der Waals surface area contributed by atoms with Gasteiger partial charge in [0.05, 0.1) is 5.69 Å². The predicted octanol–water partition coefficient (Wildman–Crippen LogP) is 2.84. The van der Waals surface area contributed by atoms with Crippen LogP contribution in [0.5, 0.6) is 0 Å². The Labute approximate surface area is 120 Å². The highest BCUT2D eigenvalue weighted by atomic mass is 32.2. The molecule has 1 aliphatic rings. The van der Waals surface area contributed by atoms with Crippen molar-refractivity contribution in [3.63, 3.8) is 0 Å². The second-order valence-electron chi connectivity index (χ2n) is 4.28. The van der Waals surface area contributed by atoms with Crippen LogP contribution < -0.4 is 10.6 Å². The minimum atomic E-state index is -0.375. The molecule has 3 rings (SSSR count). The molecule has 5 heteroatoms. The molecule has 1 aliphatic heterocycles. The van der Waals surface area contributed by atoms with Gasteiger partial charge in [0.25, 0.3) is 5.91 Å². The van der Waals surface area contributed by atoms with Gasteiger partial charge in [-0.2, -0.15) is 5.26 Å². The largest absolute Gasteiger partial charge is 0.354 e. The number of anilines is 1. The first-order chi connectivity index (χ1) is 9.74. The topological polar surface area (TPSA) is 64.9 Å². The van der Waals surface area contributed by atoms with E-state index in [2.05, 4.69) is 10.6 Å². The van der Waals surface area contributed by atoms with Gasteiger partial charge in [0, 0.05) is 17.3 Å². The number of hydrogen-bond acceptors (Lipinski definition) is 4. The van der Waals surface area contributed by atoms with E-state index < -0.39 is 0 Å². The second kappa shape index (κ2) is 4.91. The van der Waals surface area contributed by atoms with Crippen molar-refractivity contribution >= 4 is 34.1 Å². The number of nitrogens with zero attached hydrogens (tertiary/aromatic N) is 1. The molecule has 0 aromatic heterocycles. The van der Waals surface area contributed by atoms with Gasteiger partial charge in [0.2, 0.25) is 0 Å². The Morgan fingerprint density at radius 1 is 1.30 bits per heavy atom. The number of fused-ring (bicyclic) bond motifs is 3. The van der Waals surface area contributed by atoms with Crippen molar-refractivity contribution in [2.75, 3.05) is 12.4 Å². The average Bonchev–Trinajstić information content (AvgIpc) is 2.91. The van der Waals surface area contributed by atoms with E-state index in [-0.39, 0.29) is 11.5 Å². The van der Waals surface area contributed by atoms with Crippen LogP contribution in [0.25, 0.3) is 10.8 Å². The van der Waals surface area contributed by atoms with E-state index in [1.54, 1.807) is 0 Å². The van der Waals surface area contributed by atoms with Crippen LogP contribution in [0.2, 0.25) is 0 Å². The van der Waals surface area contributed by atoms with E-state index in [0.717, 1.165) is 21.4 Å². The maximum absolute atomic E-state index is 11.7. The average molecular weight is 281 g/mol. The summed E-state index contributed by atoms with van der Waals surface area (Å²) in [6.07, 6.45) is 0. The molecule has 0 fully saturated rings. The summed E-state index contributed by atoms with van der Waals surface area (Å²) in [5.41, 5.74) is 1.07. The van der Waals surface area contributed by atoms with Crippen molar-refractivity contribution in [1.29, 1.82) is 5.26 Å². The third kappa shape index (κ3) is 1.91. The first-order valence-electron chi connectivity index (χ1n) is 6.07. The number of hydrogen-bond donors (Lipinski definition) is 2. The molecule has 2 aromatic rings. The minimum Gasteiger partial charge on any atom is -0.354 e. The Balaban J connectivity index is 2.13. The summed E-state index contributed by atoms with van der Waals surface area (Å²) >= 11 is 1.41. The molecule has 0 unspecified atom stereocenters. The van der Waals surface area contributed by atoms with Crippen molar-refractivity contribution in [2.24, 2.45) is 0 Å². The lowest BCUT2D eigenvalue weighted by Crippen LogP contribution is -2.21. The van der Waals surface area contributed by atoms with Gasteiger partial charge in [0.1, 0.15) is 16.7 Å². The molecule has 0 saturated heterocycles. The van der Waals surface area contributed by atoms with Gasteiger partial charge in [-0.3, -0.25) is 4.79 Å². The lowest BCUT2D eigenvalue weighted by atomic mass is 10.1. The predicted molar refractivity (Wildman–Crippen MR) is 80.1 cm³/mol. The van der Waals surface area contributed by atoms with Gasteiger partial charge >= 0.3 is 0 Å². The normalized spacial score (nSPS) is 15.2. The van der Waals surface area contributed by atoms with E-state index in [9.17, 15) is 4.79 Å². The van der Waals surface area contributed by atoms with E-state index in [0.29, 0.717) is 5.03 Å². The Morgan fingerprint density at radius 3 is 2.85 bits per heavy atom. The maximum Gasteiger partial charge on any atom is 0.264 e. The standard InChI is InChI=1S/C15H11N3OS/c1-17-14(19)11(8-16)15-18-13-10-5-3-2-4-9(10)6-7-12(13)20-15/h2-7,18H,1H3,(H,17,19)/b15-11+. The number of amides is 1. The number of thioether (sulfide) groups is 1. The van der Waals surface area contributed by atoms with E-state index in [1.807, 2.05) is 42.5 Å². The van der Waals surface area contributed by atoms with Gasteiger partial charge in [-0.25, -0.2) is 0 Å². The Kier molecular flexibility index (Phi) is 3.09. The highest BCUT2D eigenvalue weighted by molar-refractivity contribution is 8.03. The van der Waals surface area contributed by atoms with Crippen molar-refractivity contribution in [2.45, 2.75) is 4.90 Å². The molecule has 20 heavy (non-hydrogen) atoms. The molecule has 0 spiro atoms. The zero-order valence-corrected chi connectivity index (χ0v) is 11.5. The van der Waals surface area contributed by atoms with Gasteiger partial charge < -0.3 is 10.6 Å². The molecular weight excluding hydrogens is 270 g/mol. The molecule has 0 saturated carbocycles. The van der Waals surface area contributed by atoms with Crippen LogP contribution in [0.3, 0.4) is 0 Å². The fraction of sp³-hybridized carbons (Fsp3) is 0.0667. The van der Waals surface area contributed by atoms with E-state index >= 15 is 0 Å². The van der Waals surface area contributed by atoms with Gasteiger partial charge in [-0.1, -0.05) is 42.1 Å². The van der Waals surface area contributed by atoms with E-state index in [4.69, 9.17) is 5.26 Å². The number of nitrogens with one attached hydrogen (secondary N) is 2. The van der Waals surface area contributed by atoms with E-state index in [1.165, 1.54) is 18.8 Å². The van der Waals surface area contributed by atoms with Gasteiger partial charge in [-0.15, -0.1) is 0 Å². The smallest absolute Gasteiger partial charge is 0.264 e. The van der Waals surface area contributed by atoms with Crippen LogP contribution in [0.1, 0.15) is 0 Å². The third-order valence-corrected chi connectivity index (χ3v) is 4.20. The fourth-order valence-corrected chi connectivity index (χ4v) is 3.17. The lowest BCUT2D eigenvalue weighted by molar-refractivity contribution is -0.116. The molecule has 4 nitrogen and oxygen atoms in total. The van der Waals surface area contributed by atoms with Gasteiger partial charge in [0.15, 0.2) is 0 Å². The van der Waals surface area contributed by atoms with Crippen molar-refractivity contribution in [3.05, 3.63) is 47.0 Å². The van der Waals surface area contributed by atoms with Gasteiger partial charge in [-0.05, 0) is 11.5 Å². The Hall–Kier alpha value is -2.45. The quantitative estimate of drug-likeness (QED) is 0.623. The van der Waals surface area contributed by atoms with Crippen LogP contribution in [-0.2, 0) is 4.79 Å². The molecule has 0 aliphatic carbocycles. The molecule has 2 aromatic carbocycles. The first-order valence-corrected chi connectivity index (χ1v) is 6.89. The Bertz CT molecular complexity index is 789. The molecule has 2 N–H and O–H groups in total. The molecule has 0 radical (unpaired) electrons. The third-order valence-electron chi connectivity index (χ3n) is 3.13. The number of nitriles is 1. The van der Waals surface area contributed by atoms with Crippen molar-refractivity contribution in [1.82, 2.24) is 5.32 Å². The van der Waals surface area contributed by atoms with Crippen molar-refractivity contribution in [3.8, 4) is 6.07 Å². The maximum atomic E-state index is 11.7. The number of rotatable bonds is 1. The molecule has 0 bridgehead atoms. The lowest BCUT2D eigenvalue weighted by Gasteiger charge is -2.05. The van der Waals surface area contributed by atoms with Crippen LogP contribution in [0, 0.1) is 11.3 Å². The second-order valence-corrected chi connectivity index (χ2v) is 5.33. The minimum absolute atomic E-state index is 0.109. The fourth-order valence-electron chi connectivity index (χ4n) is 2.16. The molecule has 0 atom stereocenters. The molecular formula is C15H11N3OS. The summed E-state index contributed by atoms with van der Waals surface area (Å²) in [5.74, 6) is -0.375. The number of benzene rings is 2. The molecule has 1 amide bonds. The van der Waals surface area contributed by atoms with Crippen LogP contribution in [0.15, 0.2) is 51.9 Å². The molecule has 98 valence electrons. The molecule has 1 heterocycles. The SMILES string of the molecule is CNC(=O)/C(C#N)=C1\Nc2c(ccc3ccccc23)S1. The summed E-state index contributed by atoms with van der Waals surface area (Å²) in [6, 6.07) is 14.0. The summed E-state index contributed by atoms with van der Waals surface area (Å²) in [7, 11) is 1.52. The Morgan fingerprint density at radius 2 is 2.10 bits per heavy atom. The number of likely N-dealkylation sites (N-methyl/N-ethyl adjacent to an activating group) is 1. The first kappa shape index (κ1) is 12.6. The van der Waals surface area contributed by atoms with Crippen LogP contribution in [0.4, 0.5) is 5.69 Å². The number of carbonyl (C=O) groups excluding carboxylic acids is 1. The van der Waals surface area contributed by atoms with Crippen LogP contribution >= 0.6 is 11.8 Å². The summed E-state index contributed by atoms with van der Waals surface area (Å²) in [6.45, 7) is 0. The zero-order valence-electron chi connectivity index (χ0n) is 10.7. The zero-order chi connectivity index (χ0) is 14.1.